The summed E-state index contributed by atoms with van der Waals surface area (Å²) in [5, 5.41) is 1.96. The maximum atomic E-state index is 12.8. The summed E-state index contributed by atoms with van der Waals surface area (Å²) in [6, 6.07) is 3.85. The van der Waals surface area contributed by atoms with Crippen LogP contribution >= 0.6 is 11.3 Å². The van der Waals surface area contributed by atoms with Crippen LogP contribution in [-0.2, 0) is 18.3 Å². The normalized spacial score (nSPS) is 24.8. The molecule has 0 aromatic carbocycles. The quantitative estimate of drug-likeness (QED) is 0.838. The van der Waals surface area contributed by atoms with Gasteiger partial charge in [-0.1, -0.05) is 6.07 Å². The van der Waals surface area contributed by atoms with Gasteiger partial charge >= 0.3 is 0 Å². The second-order valence-electron chi connectivity index (χ2n) is 7.17. The van der Waals surface area contributed by atoms with E-state index in [9.17, 15) is 4.79 Å². The molecule has 0 radical (unpaired) electrons. The zero-order valence-corrected chi connectivity index (χ0v) is 15.4. The maximum absolute atomic E-state index is 12.8. The fourth-order valence-electron chi connectivity index (χ4n) is 3.88. The number of ether oxygens (including phenoxy) is 1. The fraction of sp³-hybridized carbons (Fsp3) is 0.556. The minimum Gasteiger partial charge on any atom is -0.379 e. The largest absolute Gasteiger partial charge is 0.379 e. The monoisotopic (exact) mass is 360 g/mol. The molecule has 2 fully saturated rings. The molecule has 25 heavy (non-hydrogen) atoms. The van der Waals surface area contributed by atoms with Gasteiger partial charge < -0.3 is 14.2 Å². The molecule has 134 valence electrons. The molecule has 0 bridgehead atoms. The van der Waals surface area contributed by atoms with Crippen LogP contribution in [0.25, 0.3) is 0 Å². The molecule has 0 aliphatic carbocycles. The zero-order valence-electron chi connectivity index (χ0n) is 14.6. The van der Waals surface area contributed by atoms with Crippen LogP contribution in [0.1, 0.15) is 21.9 Å². The van der Waals surface area contributed by atoms with Gasteiger partial charge in [0.1, 0.15) is 5.82 Å². The number of likely N-dealkylation sites (tertiary alicyclic amines) is 1. The molecule has 2 aliphatic heterocycles. The predicted molar refractivity (Wildman–Crippen MR) is 96.6 cm³/mol. The summed E-state index contributed by atoms with van der Waals surface area (Å²) in [7, 11) is 2.03. The van der Waals surface area contributed by atoms with E-state index >= 15 is 0 Å². The molecule has 2 saturated heterocycles. The third-order valence-electron chi connectivity index (χ3n) is 5.26. The highest BCUT2D eigenvalue weighted by atomic mass is 32.1. The first kappa shape index (κ1) is 16.8. The summed E-state index contributed by atoms with van der Waals surface area (Å²) in [6.45, 7) is 5.64. The van der Waals surface area contributed by atoms with Gasteiger partial charge in [-0.3, -0.25) is 9.69 Å². The fourth-order valence-corrected chi connectivity index (χ4v) is 4.57. The summed E-state index contributed by atoms with van der Waals surface area (Å²) in [5.74, 6) is 1.22. The second kappa shape index (κ2) is 6.90. The minimum absolute atomic E-state index is 0.0363. The van der Waals surface area contributed by atoms with Gasteiger partial charge in [-0.2, -0.15) is 0 Å². The van der Waals surface area contributed by atoms with Crippen LogP contribution in [0.5, 0.6) is 0 Å². The molecule has 2 aromatic rings. The van der Waals surface area contributed by atoms with Crippen LogP contribution in [0.15, 0.2) is 29.9 Å². The number of rotatable bonds is 3. The summed E-state index contributed by atoms with van der Waals surface area (Å²) < 4.78 is 7.97. The van der Waals surface area contributed by atoms with E-state index in [1.807, 2.05) is 41.9 Å². The number of aromatic nitrogens is 2. The first-order chi connectivity index (χ1) is 12.2. The van der Waals surface area contributed by atoms with E-state index in [4.69, 9.17) is 4.74 Å². The number of hydrogen-bond donors (Lipinski definition) is 0. The zero-order chi connectivity index (χ0) is 17.3. The van der Waals surface area contributed by atoms with Gasteiger partial charge in [0.25, 0.3) is 5.91 Å². The number of aryl methyl sites for hydroxylation is 1. The minimum atomic E-state index is 0.0363. The average Bonchev–Trinajstić information content (AvgIpc) is 3.31. The van der Waals surface area contributed by atoms with E-state index in [-0.39, 0.29) is 11.3 Å². The van der Waals surface area contributed by atoms with E-state index in [1.165, 1.54) is 11.3 Å². The number of nitrogens with zero attached hydrogens (tertiary/aromatic N) is 4. The van der Waals surface area contributed by atoms with Crippen molar-refractivity contribution in [2.24, 2.45) is 12.5 Å². The first-order valence-corrected chi connectivity index (χ1v) is 9.62. The topological polar surface area (TPSA) is 50.6 Å². The van der Waals surface area contributed by atoms with Gasteiger partial charge in [-0.05, 0) is 24.4 Å². The molecule has 1 atom stereocenters. The van der Waals surface area contributed by atoms with Crippen LogP contribution in [-0.4, -0.2) is 64.7 Å². The van der Waals surface area contributed by atoms with Crippen LogP contribution in [0.4, 0.5) is 0 Å². The van der Waals surface area contributed by atoms with Crippen molar-refractivity contribution >= 4 is 17.2 Å². The number of amides is 1. The summed E-state index contributed by atoms with van der Waals surface area (Å²) >= 11 is 1.51. The van der Waals surface area contributed by atoms with E-state index in [2.05, 4.69) is 14.5 Å². The molecule has 6 nitrogen and oxygen atoms in total. The third-order valence-corrected chi connectivity index (χ3v) is 6.12. The number of hydrogen-bond acceptors (Lipinski definition) is 5. The average molecular weight is 360 g/mol. The van der Waals surface area contributed by atoms with Gasteiger partial charge in [-0.15, -0.1) is 11.3 Å². The Morgan fingerprint density at radius 2 is 2.32 bits per heavy atom. The molecule has 1 spiro atoms. The highest BCUT2D eigenvalue weighted by Gasteiger charge is 2.42. The first-order valence-electron chi connectivity index (χ1n) is 8.74. The van der Waals surface area contributed by atoms with Crippen molar-refractivity contribution in [2.75, 3.05) is 39.4 Å². The molecule has 0 saturated carbocycles. The standard InChI is InChI=1S/C18H24N4O2S/c1-20-7-5-19-16(20)11-21-6-4-18(12-21)13-22(8-9-24-14-18)17(23)15-3-2-10-25-15/h2-3,5,7,10H,4,6,8-9,11-14H2,1H3. The Balaban J connectivity index is 1.45. The Morgan fingerprint density at radius 1 is 1.40 bits per heavy atom. The van der Waals surface area contributed by atoms with E-state index in [1.54, 1.807) is 0 Å². The van der Waals surface area contributed by atoms with Crippen molar-refractivity contribution < 1.29 is 9.53 Å². The second-order valence-corrected chi connectivity index (χ2v) is 8.12. The molecule has 1 amide bonds. The third kappa shape index (κ3) is 3.49. The van der Waals surface area contributed by atoms with Gasteiger partial charge in [0.05, 0.1) is 24.6 Å². The number of thiophene rings is 1. The Bertz CT molecular complexity index is 729. The van der Waals surface area contributed by atoms with Crippen LogP contribution in [0.3, 0.4) is 0 Å². The number of imidazole rings is 1. The summed E-state index contributed by atoms with van der Waals surface area (Å²) in [4.78, 5) is 22.5. The maximum Gasteiger partial charge on any atom is 0.264 e. The molecule has 7 heteroatoms. The van der Waals surface area contributed by atoms with E-state index < -0.39 is 0 Å². The lowest BCUT2D eigenvalue weighted by molar-refractivity contribution is 0.0645. The smallest absolute Gasteiger partial charge is 0.264 e. The molecule has 0 N–H and O–H groups in total. The lowest BCUT2D eigenvalue weighted by Crippen LogP contribution is -2.43. The lowest BCUT2D eigenvalue weighted by atomic mass is 9.87. The van der Waals surface area contributed by atoms with Gasteiger partial charge in [0.2, 0.25) is 0 Å². The molecular formula is C18H24N4O2S. The van der Waals surface area contributed by atoms with Crippen molar-refractivity contribution in [3.8, 4) is 0 Å². The van der Waals surface area contributed by atoms with Crippen molar-refractivity contribution in [2.45, 2.75) is 13.0 Å². The highest BCUT2D eigenvalue weighted by Crippen LogP contribution is 2.34. The molecular weight excluding hydrogens is 336 g/mol. The summed E-state index contributed by atoms with van der Waals surface area (Å²) in [5.41, 5.74) is 0.0363. The molecule has 2 aliphatic rings. The highest BCUT2D eigenvalue weighted by molar-refractivity contribution is 7.12. The molecule has 4 heterocycles. The lowest BCUT2D eigenvalue weighted by Gasteiger charge is -2.31. The van der Waals surface area contributed by atoms with Crippen LogP contribution in [0.2, 0.25) is 0 Å². The van der Waals surface area contributed by atoms with Gasteiger partial charge in [0, 0.05) is 44.5 Å². The van der Waals surface area contributed by atoms with E-state index in [0.717, 1.165) is 49.9 Å². The molecule has 1 unspecified atom stereocenters. The summed E-state index contributed by atoms with van der Waals surface area (Å²) in [6.07, 6.45) is 4.89. The Morgan fingerprint density at radius 3 is 3.08 bits per heavy atom. The van der Waals surface area contributed by atoms with E-state index in [0.29, 0.717) is 13.2 Å². The Labute approximate surface area is 152 Å². The SMILES string of the molecule is Cn1ccnc1CN1CCC2(COCCN(C(=O)c3cccs3)C2)C1. The number of carbonyl (C=O) groups is 1. The van der Waals surface area contributed by atoms with Crippen LogP contribution < -0.4 is 0 Å². The molecule has 2 aromatic heterocycles. The van der Waals surface area contributed by atoms with Crippen molar-refractivity contribution in [1.29, 1.82) is 0 Å². The van der Waals surface area contributed by atoms with Gasteiger partial charge in [0.15, 0.2) is 0 Å². The van der Waals surface area contributed by atoms with Crippen LogP contribution in [0, 0.1) is 5.41 Å². The number of carbonyl (C=O) groups excluding carboxylic acids is 1. The predicted octanol–water partition coefficient (Wildman–Crippen LogP) is 1.85. The van der Waals surface area contributed by atoms with Crippen molar-refractivity contribution in [3.05, 3.63) is 40.6 Å². The van der Waals surface area contributed by atoms with Crippen molar-refractivity contribution in [1.82, 2.24) is 19.4 Å². The Kier molecular flexibility index (Phi) is 4.62. The van der Waals surface area contributed by atoms with Gasteiger partial charge in [-0.25, -0.2) is 4.98 Å². The Hall–Kier alpha value is -1.70. The molecule has 4 rings (SSSR count). The van der Waals surface area contributed by atoms with Crippen molar-refractivity contribution in [3.63, 3.8) is 0 Å².